The minimum absolute atomic E-state index is 0. The molecule has 0 N–H and O–H groups in total. The summed E-state index contributed by atoms with van der Waals surface area (Å²) in [6, 6.07) is 0. The Balaban J connectivity index is -0.000000333. The van der Waals surface area contributed by atoms with Crippen molar-refractivity contribution < 1.29 is 115 Å². The molecule has 0 saturated heterocycles. The zero-order valence-corrected chi connectivity index (χ0v) is 64.5. The Labute approximate surface area is 558 Å². The largest absolute Gasteiger partial charge is 0.756 e. The summed E-state index contributed by atoms with van der Waals surface area (Å²) in [5.41, 5.74) is 0. The second-order valence-electron chi connectivity index (χ2n) is 23.5. The summed E-state index contributed by atoms with van der Waals surface area (Å²) < 4.78 is 87.7. The number of rotatable bonds is 56. The molecule has 0 aliphatic heterocycles. The van der Waals surface area contributed by atoms with Crippen molar-refractivity contribution in [1.82, 2.24) is 0 Å². The van der Waals surface area contributed by atoms with E-state index in [9.17, 15) is 37.8 Å². The maximum atomic E-state index is 11.8. The smallest absolute Gasteiger partial charge is 0.267 e. The predicted octanol–water partition coefficient (Wildman–Crippen LogP) is 19.7. The third kappa shape index (κ3) is 63.0. The molecule has 0 aliphatic rings. The average Bonchev–Trinajstić information content (AvgIpc) is 3.55. The van der Waals surface area contributed by atoms with Crippen LogP contribution in [0.25, 0.3) is 0 Å². The van der Waals surface area contributed by atoms with Gasteiger partial charge in [0.05, 0.1) is 52.9 Å². The Morgan fingerprint density at radius 1 is 0.224 bits per heavy atom. The number of phosphoric acid groups is 4. The Bertz CT molecular complexity index is 1270. The molecular weight excluding hydrogens is 1290 g/mol. The van der Waals surface area contributed by atoms with Gasteiger partial charge in [0.15, 0.2) is 0 Å². The first kappa shape index (κ1) is 95.5. The van der Waals surface area contributed by atoms with Gasteiger partial charge in [0, 0.05) is 40.8 Å². The van der Waals surface area contributed by atoms with Gasteiger partial charge in [0.2, 0.25) is 0 Å². The van der Waals surface area contributed by atoms with Crippen molar-refractivity contribution in [2.45, 2.75) is 316 Å². The summed E-state index contributed by atoms with van der Waals surface area (Å²) >= 11 is 0. The molecule has 85 heavy (non-hydrogen) atoms. The molecule has 21 heteroatoms. The maximum absolute atomic E-state index is 11.8. The summed E-state index contributed by atoms with van der Waals surface area (Å²) in [5, 5.41) is 0. The van der Waals surface area contributed by atoms with E-state index >= 15 is 0 Å². The number of phosphoric ester groups is 4. The molecule has 0 rings (SSSR count). The van der Waals surface area contributed by atoms with Gasteiger partial charge in [-0.1, -0.05) is 265 Å². The summed E-state index contributed by atoms with van der Waals surface area (Å²) in [6.07, 6.45) is 33.5. The van der Waals surface area contributed by atoms with Crippen LogP contribution in [0.4, 0.5) is 0 Å². The fraction of sp³-hybridized carbons (Fsp3) is 1.00. The van der Waals surface area contributed by atoms with Crippen molar-refractivity contribution >= 4 is 31.3 Å². The van der Waals surface area contributed by atoms with Crippen LogP contribution in [-0.4, -0.2) is 52.9 Å². The van der Waals surface area contributed by atoms with Gasteiger partial charge in [-0.15, -0.1) is 0 Å². The predicted molar refractivity (Wildman–Crippen MR) is 344 cm³/mol. The summed E-state index contributed by atoms with van der Waals surface area (Å²) in [7, 11) is -16.6. The van der Waals surface area contributed by atoms with Crippen molar-refractivity contribution in [2.24, 2.45) is 47.3 Å². The Morgan fingerprint density at radius 3 is 0.388 bits per heavy atom. The fourth-order valence-electron chi connectivity index (χ4n) is 8.91. The third-order valence-electron chi connectivity index (χ3n) is 16.1. The van der Waals surface area contributed by atoms with Crippen molar-refractivity contribution in [3.05, 3.63) is 0 Å². The van der Waals surface area contributed by atoms with Crippen LogP contribution >= 0.6 is 31.3 Å². The van der Waals surface area contributed by atoms with Crippen LogP contribution in [-0.2, 0) is 54.5 Å². The molecule has 0 bridgehead atoms. The van der Waals surface area contributed by atoms with E-state index in [1.807, 2.05) is 0 Å². The van der Waals surface area contributed by atoms with E-state index in [1.165, 1.54) is 0 Å². The van der Waals surface area contributed by atoms with E-state index < -0.39 is 31.3 Å². The zero-order chi connectivity index (χ0) is 64.6. The van der Waals surface area contributed by atoms with Gasteiger partial charge in [0.25, 0.3) is 31.3 Å². The van der Waals surface area contributed by atoms with Crippen LogP contribution in [0, 0.1) is 88.2 Å². The third-order valence-corrected chi connectivity index (χ3v) is 19.8. The second-order valence-corrected chi connectivity index (χ2v) is 29.1. The molecule has 0 spiro atoms. The molecule has 0 saturated carbocycles. The first-order valence-electron chi connectivity index (χ1n) is 34.3. The molecule has 8 unspecified atom stereocenters. The van der Waals surface area contributed by atoms with Gasteiger partial charge in [-0.05, 0) is 98.7 Å². The topological polar surface area (TPSA) is 234 Å². The molecule has 0 amide bonds. The standard InChI is InChI=1S/4C16H35O4P.Nd/c4*1-5-9-11-15(7-3)13-19-21(17,18)20-14-16(8-4)12-10-6-2;/h4*15-16H,5-14H2,1-4H3,(H,17,18);/p-4. The van der Waals surface area contributed by atoms with Crippen molar-refractivity contribution in [1.29, 1.82) is 0 Å². The van der Waals surface area contributed by atoms with E-state index in [4.69, 9.17) is 36.2 Å². The van der Waals surface area contributed by atoms with Gasteiger partial charge < -0.3 is 55.8 Å². The quantitative estimate of drug-likeness (QED) is 0.0515. The normalized spacial score (nSPS) is 17.2. The first-order valence-corrected chi connectivity index (χ1v) is 40.2. The minimum atomic E-state index is -4.14. The Hall–Kier alpha value is 1.79. The molecular formula is C64H136NdO16P4-4. The summed E-state index contributed by atoms with van der Waals surface area (Å²) in [6.45, 7) is 35.6. The molecule has 0 fully saturated rings. The van der Waals surface area contributed by atoms with E-state index in [0.717, 1.165) is 205 Å². The minimum Gasteiger partial charge on any atom is -0.756 e. The number of hydrogen-bond donors (Lipinski definition) is 0. The Morgan fingerprint density at radius 2 is 0.318 bits per heavy atom. The number of hydrogen-bond acceptors (Lipinski definition) is 16. The molecule has 16 nitrogen and oxygen atoms in total. The van der Waals surface area contributed by atoms with Crippen molar-refractivity contribution in [3.63, 3.8) is 0 Å². The zero-order valence-electron chi connectivity index (χ0n) is 57.7. The van der Waals surface area contributed by atoms with Crippen LogP contribution in [0.1, 0.15) is 316 Å². The van der Waals surface area contributed by atoms with Crippen LogP contribution in [0.15, 0.2) is 0 Å². The SMILES string of the molecule is CCCCC(CC)COP(=O)([O-])OCC(CC)CCCC.CCCCC(CC)COP(=O)([O-])OCC(CC)CCCC.CCCCC(CC)COP(=O)([O-])OCC(CC)CCCC.CCCCC(CC)COP(=O)([O-])OCC(CC)CCCC.[Nd]. The van der Waals surface area contributed by atoms with Crippen LogP contribution in [0.2, 0.25) is 0 Å². The maximum Gasteiger partial charge on any atom is 0.267 e. The van der Waals surface area contributed by atoms with Crippen LogP contribution in [0.3, 0.4) is 0 Å². The monoisotopic (exact) mass is 1430 g/mol. The molecule has 516 valence electrons. The van der Waals surface area contributed by atoms with Gasteiger partial charge >= 0.3 is 0 Å². The summed E-state index contributed by atoms with van der Waals surface area (Å²) in [5.74, 6) is 2.43. The first-order chi connectivity index (χ1) is 39.9. The van der Waals surface area contributed by atoms with Gasteiger partial charge in [-0.3, -0.25) is 18.3 Å². The average molecular weight is 1430 g/mol. The molecule has 0 aromatic rings. The summed E-state index contributed by atoms with van der Waals surface area (Å²) in [4.78, 5) is 47.2. The second kappa shape index (κ2) is 64.5. The van der Waals surface area contributed by atoms with E-state index in [-0.39, 0.29) is 93.7 Å². The van der Waals surface area contributed by atoms with Crippen LogP contribution < -0.4 is 19.6 Å². The number of unbranched alkanes of at least 4 members (excludes halogenated alkanes) is 8. The van der Waals surface area contributed by atoms with Crippen molar-refractivity contribution in [3.8, 4) is 0 Å². The molecule has 0 aliphatic carbocycles. The van der Waals surface area contributed by atoms with E-state index in [2.05, 4.69) is 111 Å². The molecule has 0 aromatic heterocycles. The fourth-order valence-corrected chi connectivity index (χ4v) is 12.4. The molecule has 0 aromatic carbocycles. The molecule has 8 atom stereocenters. The van der Waals surface area contributed by atoms with E-state index in [1.54, 1.807) is 0 Å². The van der Waals surface area contributed by atoms with Gasteiger partial charge in [0.1, 0.15) is 0 Å². The molecule has 0 heterocycles. The van der Waals surface area contributed by atoms with Gasteiger partial charge in [-0.2, -0.15) is 0 Å². The van der Waals surface area contributed by atoms with E-state index in [0.29, 0.717) is 47.3 Å². The van der Waals surface area contributed by atoms with Crippen LogP contribution in [0.5, 0.6) is 0 Å². The van der Waals surface area contributed by atoms with Crippen molar-refractivity contribution in [2.75, 3.05) is 52.9 Å². The molecule has 0 radical (unpaired) electrons. The Kier molecular flexibility index (Phi) is 72.5. The van der Waals surface area contributed by atoms with Gasteiger partial charge in [-0.25, -0.2) is 0 Å².